The summed E-state index contributed by atoms with van der Waals surface area (Å²) in [5.74, 6) is 3.10. The molecule has 0 amide bonds. The zero-order chi connectivity index (χ0) is 12.7. The average Bonchev–Trinajstić information content (AvgIpc) is 2.27. The summed E-state index contributed by atoms with van der Waals surface area (Å²) >= 11 is 0. The Morgan fingerprint density at radius 3 is 2.47 bits per heavy atom. The molecule has 1 unspecified atom stereocenters. The lowest BCUT2D eigenvalue weighted by Gasteiger charge is -2.07. The Balaban J connectivity index is 2.80. The molecule has 1 aromatic carbocycles. The molecule has 0 spiro atoms. The van der Waals surface area contributed by atoms with Gasteiger partial charge >= 0.3 is 0 Å². The van der Waals surface area contributed by atoms with Crippen LogP contribution in [0.2, 0.25) is 19.6 Å². The van der Waals surface area contributed by atoms with Crippen LogP contribution in [0.5, 0.6) is 0 Å². The van der Waals surface area contributed by atoms with Crippen molar-refractivity contribution in [2.75, 3.05) is 0 Å². The number of hydrogen-bond donors (Lipinski definition) is 0. The summed E-state index contributed by atoms with van der Waals surface area (Å²) < 4.78 is 0. The minimum absolute atomic E-state index is 0.255. The summed E-state index contributed by atoms with van der Waals surface area (Å²) in [6.07, 6.45) is 0.683. The highest BCUT2D eigenvalue weighted by Crippen LogP contribution is 2.06. The molecular formula is C13H17N3Si. The Bertz CT molecular complexity index is 459. The lowest BCUT2D eigenvalue weighted by molar-refractivity contribution is 0.826. The summed E-state index contributed by atoms with van der Waals surface area (Å²) in [7, 11) is -1.41. The molecule has 0 bridgehead atoms. The first-order valence-electron chi connectivity index (χ1n) is 5.62. The van der Waals surface area contributed by atoms with Crippen LogP contribution in [0.1, 0.15) is 5.56 Å². The molecule has 0 aliphatic carbocycles. The number of azide groups is 1. The Morgan fingerprint density at radius 1 is 1.29 bits per heavy atom. The van der Waals surface area contributed by atoms with E-state index in [1.54, 1.807) is 0 Å². The Labute approximate surface area is 103 Å². The maximum Gasteiger partial charge on any atom is 0.129 e. The SMILES string of the molecule is C[Si](C)(C)C#CC(Cc1ccccc1)N=[N+]=[N-]. The summed E-state index contributed by atoms with van der Waals surface area (Å²) in [5.41, 5.74) is 12.9. The van der Waals surface area contributed by atoms with Crippen LogP contribution < -0.4 is 0 Å². The molecular weight excluding hydrogens is 226 g/mol. The molecule has 0 saturated heterocycles. The Kier molecular flexibility index (Phi) is 4.83. The van der Waals surface area contributed by atoms with Crippen molar-refractivity contribution < 1.29 is 0 Å². The largest absolute Gasteiger partial charge is 0.132 e. The molecule has 0 aliphatic rings. The van der Waals surface area contributed by atoms with E-state index in [9.17, 15) is 0 Å². The van der Waals surface area contributed by atoms with Crippen LogP contribution in [-0.2, 0) is 6.42 Å². The number of nitrogens with zero attached hydrogens (tertiary/aromatic N) is 3. The van der Waals surface area contributed by atoms with Gasteiger partial charge in [-0.2, -0.15) is 0 Å². The van der Waals surface area contributed by atoms with Crippen LogP contribution in [0.4, 0.5) is 0 Å². The second-order valence-electron chi connectivity index (χ2n) is 4.93. The van der Waals surface area contributed by atoms with E-state index < -0.39 is 8.07 Å². The Morgan fingerprint density at radius 2 is 1.94 bits per heavy atom. The van der Waals surface area contributed by atoms with Gasteiger partial charge in [0.05, 0.1) is 0 Å². The van der Waals surface area contributed by atoms with E-state index in [1.807, 2.05) is 30.3 Å². The summed E-state index contributed by atoms with van der Waals surface area (Å²) in [6, 6.07) is 9.73. The second kappa shape index (κ2) is 6.14. The molecule has 0 radical (unpaired) electrons. The fourth-order valence-electron chi connectivity index (χ4n) is 1.32. The maximum atomic E-state index is 8.55. The van der Waals surface area contributed by atoms with Crippen LogP contribution in [0, 0.1) is 11.5 Å². The van der Waals surface area contributed by atoms with Crippen molar-refractivity contribution in [1.82, 2.24) is 0 Å². The quantitative estimate of drug-likeness (QED) is 0.255. The van der Waals surface area contributed by atoms with E-state index in [4.69, 9.17) is 5.53 Å². The normalized spacial score (nSPS) is 11.9. The van der Waals surface area contributed by atoms with Crippen LogP contribution in [0.25, 0.3) is 10.4 Å². The van der Waals surface area contributed by atoms with E-state index in [-0.39, 0.29) is 6.04 Å². The van der Waals surface area contributed by atoms with Crippen LogP contribution >= 0.6 is 0 Å². The minimum Gasteiger partial charge on any atom is -0.132 e. The third-order valence-electron chi connectivity index (χ3n) is 2.08. The van der Waals surface area contributed by atoms with Gasteiger partial charge < -0.3 is 0 Å². The summed E-state index contributed by atoms with van der Waals surface area (Å²) in [4.78, 5) is 2.87. The topological polar surface area (TPSA) is 48.8 Å². The van der Waals surface area contributed by atoms with Gasteiger partial charge in [-0.3, -0.25) is 0 Å². The molecule has 17 heavy (non-hydrogen) atoms. The fourth-order valence-corrected chi connectivity index (χ4v) is 1.92. The molecule has 1 rings (SSSR count). The first kappa shape index (κ1) is 13.4. The highest BCUT2D eigenvalue weighted by atomic mass is 28.3. The summed E-state index contributed by atoms with van der Waals surface area (Å²) in [6.45, 7) is 6.53. The first-order chi connectivity index (χ1) is 8.01. The number of benzene rings is 1. The molecule has 0 aliphatic heterocycles. The van der Waals surface area contributed by atoms with Gasteiger partial charge in [0.15, 0.2) is 0 Å². The van der Waals surface area contributed by atoms with Crippen LogP contribution in [0.15, 0.2) is 35.4 Å². The highest BCUT2D eigenvalue weighted by molar-refractivity contribution is 6.83. The molecule has 0 heterocycles. The number of rotatable bonds is 3. The van der Waals surface area contributed by atoms with Gasteiger partial charge in [-0.1, -0.05) is 55.1 Å². The molecule has 0 N–H and O–H groups in total. The second-order valence-corrected chi connectivity index (χ2v) is 9.68. The molecule has 0 fully saturated rings. The van der Waals surface area contributed by atoms with E-state index in [1.165, 1.54) is 0 Å². The van der Waals surface area contributed by atoms with Gasteiger partial charge in [-0.15, -0.1) is 11.5 Å². The van der Waals surface area contributed by atoms with Gasteiger partial charge in [0, 0.05) is 4.91 Å². The van der Waals surface area contributed by atoms with Crippen LogP contribution in [-0.4, -0.2) is 14.1 Å². The summed E-state index contributed by atoms with van der Waals surface area (Å²) in [5, 5.41) is 3.75. The lowest BCUT2D eigenvalue weighted by Crippen LogP contribution is -2.18. The molecule has 1 aromatic rings. The highest BCUT2D eigenvalue weighted by Gasteiger charge is 2.09. The molecule has 88 valence electrons. The maximum absolute atomic E-state index is 8.55. The van der Waals surface area contributed by atoms with Crippen molar-refractivity contribution in [2.45, 2.75) is 32.1 Å². The molecule has 3 nitrogen and oxygen atoms in total. The number of hydrogen-bond acceptors (Lipinski definition) is 1. The van der Waals surface area contributed by atoms with Gasteiger partial charge in [0.25, 0.3) is 0 Å². The van der Waals surface area contributed by atoms with Crippen molar-refractivity contribution in [3.05, 3.63) is 46.3 Å². The van der Waals surface area contributed by atoms with E-state index in [0.717, 1.165) is 5.56 Å². The predicted molar refractivity (Wildman–Crippen MR) is 74.2 cm³/mol. The van der Waals surface area contributed by atoms with E-state index >= 15 is 0 Å². The first-order valence-corrected chi connectivity index (χ1v) is 9.12. The van der Waals surface area contributed by atoms with Crippen LogP contribution in [0.3, 0.4) is 0 Å². The van der Waals surface area contributed by atoms with E-state index in [2.05, 4.69) is 41.1 Å². The van der Waals surface area contributed by atoms with Crippen molar-refractivity contribution >= 4 is 8.07 Å². The van der Waals surface area contributed by atoms with Gasteiger partial charge in [0.2, 0.25) is 0 Å². The third kappa shape index (κ3) is 5.81. The zero-order valence-corrected chi connectivity index (χ0v) is 11.5. The minimum atomic E-state index is -1.41. The third-order valence-corrected chi connectivity index (χ3v) is 2.97. The lowest BCUT2D eigenvalue weighted by atomic mass is 10.1. The van der Waals surface area contributed by atoms with Crippen molar-refractivity contribution in [3.8, 4) is 11.5 Å². The predicted octanol–water partition coefficient (Wildman–Crippen LogP) is 3.79. The molecule has 0 saturated carbocycles. The van der Waals surface area contributed by atoms with Crippen molar-refractivity contribution in [2.24, 2.45) is 5.11 Å². The monoisotopic (exact) mass is 243 g/mol. The van der Waals surface area contributed by atoms with Gasteiger partial charge in [0.1, 0.15) is 14.1 Å². The fraction of sp³-hybridized carbons (Fsp3) is 0.385. The Hall–Kier alpha value is -1.69. The van der Waals surface area contributed by atoms with Crippen molar-refractivity contribution in [3.63, 3.8) is 0 Å². The van der Waals surface area contributed by atoms with Gasteiger partial charge in [-0.25, -0.2) is 0 Å². The zero-order valence-electron chi connectivity index (χ0n) is 10.5. The molecule has 0 aromatic heterocycles. The standard InChI is InChI=1S/C13H17N3Si/c1-17(2,3)10-9-13(15-16-14)11-12-7-5-4-6-8-12/h4-8,13H,11H2,1-3H3. The smallest absolute Gasteiger partial charge is 0.129 e. The average molecular weight is 243 g/mol. The van der Waals surface area contributed by atoms with Crippen molar-refractivity contribution in [1.29, 1.82) is 0 Å². The van der Waals surface area contributed by atoms with Gasteiger partial charge in [-0.05, 0) is 17.5 Å². The molecule has 4 heteroatoms. The molecule has 1 atom stereocenters. The van der Waals surface area contributed by atoms with E-state index in [0.29, 0.717) is 6.42 Å².